The van der Waals surface area contributed by atoms with Crippen LogP contribution in [0.5, 0.6) is 11.6 Å². The van der Waals surface area contributed by atoms with Crippen molar-refractivity contribution < 1.29 is 9.47 Å². The second-order valence-corrected chi connectivity index (χ2v) is 4.38. The van der Waals surface area contributed by atoms with Crippen molar-refractivity contribution >= 4 is 5.95 Å². The van der Waals surface area contributed by atoms with Crippen molar-refractivity contribution in [2.45, 2.75) is 6.42 Å². The minimum atomic E-state index is 0.569. The molecule has 0 saturated carbocycles. The third kappa shape index (κ3) is 3.38. The van der Waals surface area contributed by atoms with Gasteiger partial charge in [-0.2, -0.15) is 4.98 Å². The Morgan fingerprint density at radius 2 is 1.90 bits per heavy atom. The van der Waals surface area contributed by atoms with Gasteiger partial charge >= 0.3 is 0 Å². The Kier molecular flexibility index (Phi) is 4.76. The van der Waals surface area contributed by atoms with Gasteiger partial charge in [-0.05, 0) is 18.1 Å². The molecule has 2 aromatic rings. The molecule has 0 unspecified atom stereocenters. The molecule has 0 N–H and O–H groups in total. The van der Waals surface area contributed by atoms with Gasteiger partial charge < -0.3 is 14.4 Å². The zero-order chi connectivity index (χ0) is 14.4. The van der Waals surface area contributed by atoms with E-state index in [2.05, 4.69) is 16.0 Å². The minimum Gasteiger partial charge on any atom is -0.496 e. The molecule has 1 aromatic carbocycles. The van der Waals surface area contributed by atoms with Gasteiger partial charge in [0.2, 0.25) is 11.8 Å². The molecule has 0 saturated heterocycles. The number of ether oxygens (including phenoxy) is 2. The Morgan fingerprint density at radius 3 is 2.65 bits per heavy atom. The lowest BCUT2D eigenvalue weighted by molar-refractivity contribution is 0.396. The molecule has 0 atom stereocenters. The Bertz CT molecular complexity index is 560. The number of hydrogen-bond donors (Lipinski definition) is 0. The Morgan fingerprint density at radius 1 is 1.10 bits per heavy atom. The molecule has 0 radical (unpaired) electrons. The van der Waals surface area contributed by atoms with Gasteiger partial charge in [0.05, 0.1) is 14.2 Å². The summed E-state index contributed by atoms with van der Waals surface area (Å²) in [5.41, 5.74) is 1.17. The number of aromatic nitrogens is 2. The van der Waals surface area contributed by atoms with Crippen LogP contribution in [0.15, 0.2) is 36.5 Å². The molecule has 1 heterocycles. The molecule has 0 bridgehead atoms. The molecular weight excluding hydrogens is 254 g/mol. The molecule has 106 valence electrons. The monoisotopic (exact) mass is 273 g/mol. The topological polar surface area (TPSA) is 47.5 Å². The average Bonchev–Trinajstić information content (AvgIpc) is 2.52. The number of likely N-dealkylation sites (N-methyl/N-ethyl adjacent to an activating group) is 1. The van der Waals surface area contributed by atoms with Crippen molar-refractivity contribution in [3.63, 3.8) is 0 Å². The van der Waals surface area contributed by atoms with E-state index in [9.17, 15) is 0 Å². The van der Waals surface area contributed by atoms with Gasteiger partial charge in [-0.3, -0.25) is 0 Å². The summed E-state index contributed by atoms with van der Waals surface area (Å²) in [6, 6.07) is 9.76. The summed E-state index contributed by atoms with van der Waals surface area (Å²) in [7, 11) is 5.25. The summed E-state index contributed by atoms with van der Waals surface area (Å²) in [5.74, 6) is 2.13. The van der Waals surface area contributed by atoms with Crippen LogP contribution in [0.25, 0.3) is 0 Å². The number of rotatable bonds is 6. The predicted molar refractivity (Wildman–Crippen MR) is 78.6 cm³/mol. The van der Waals surface area contributed by atoms with E-state index in [-0.39, 0.29) is 0 Å². The second-order valence-electron chi connectivity index (χ2n) is 4.38. The highest BCUT2D eigenvalue weighted by Crippen LogP contribution is 2.18. The highest BCUT2D eigenvalue weighted by molar-refractivity contribution is 5.36. The standard InChI is InChI=1S/C15H19N3O2/c1-18(15-16-10-8-14(17-15)20-3)11-9-12-6-4-5-7-13(12)19-2/h4-8,10H,9,11H2,1-3H3. The lowest BCUT2D eigenvalue weighted by Crippen LogP contribution is -2.22. The van der Waals surface area contributed by atoms with Crippen LogP contribution in [0.4, 0.5) is 5.95 Å². The smallest absolute Gasteiger partial charge is 0.228 e. The van der Waals surface area contributed by atoms with Crippen molar-refractivity contribution in [1.29, 1.82) is 0 Å². The number of methoxy groups -OCH3 is 2. The SMILES string of the molecule is COc1ccnc(N(C)CCc2ccccc2OC)n1. The van der Waals surface area contributed by atoms with E-state index in [0.29, 0.717) is 11.8 Å². The molecule has 5 nitrogen and oxygen atoms in total. The van der Waals surface area contributed by atoms with Crippen molar-refractivity contribution in [2.75, 3.05) is 32.7 Å². The largest absolute Gasteiger partial charge is 0.496 e. The highest BCUT2D eigenvalue weighted by Gasteiger charge is 2.08. The van der Waals surface area contributed by atoms with E-state index >= 15 is 0 Å². The summed E-state index contributed by atoms with van der Waals surface area (Å²) >= 11 is 0. The van der Waals surface area contributed by atoms with Gasteiger partial charge in [-0.15, -0.1) is 0 Å². The lowest BCUT2D eigenvalue weighted by atomic mass is 10.1. The predicted octanol–water partition coefficient (Wildman–Crippen LogP) is 2.17. The van der Waals surface area contributed by atoms with E-state index in [1.807, 2.05) is 30.1 Å². The van der Waals surface area contributed by atoms with Crippen molar-refractivity contribution in [3.8, 4) is 11.6 Å². The maximum absolute atomic E-state index is 5.35. The zero-order valence-corrected chi connectivity index (χ0v) is 12.0. The number of anilines is 1. The lowest BCUT2D eigenvalue weighted by Gasteiger charge is -2.18. The van der Waals surface area contributed by atoms with Crippen LogP contribution < -0.4 is 14.4 Å². The minimum absolute atomic E-state index is 0.569. The Labute approximate surface area is 119 Å². The van der Waals surface area contributed by atoms with Crippen LogP contribution in [0.2, 0.25) is 0 Å². The van der Waals surface area contributed by atoms with E-state index < -0.39 is 0 Å². The molecule has 0 aliphatic carbocycles. The van der Waals surface area contributed by atoms with E-state index in [4.69, 9.17) is 9.47 Å². The maximum atomic E-state index is 5.35. The quantitative estimate of drug-likeness (QED) is 0.807. The molecule has 0 aliphatic heterocycles. The van der Waals surface area contributed by atoms with Crippen LogP contribution in [-0.4, -0.2) is 37.8 Å². The van der Waals surface area contributed by atoms with E-state index in [0.717, 1.165) is 18.7 Å². The van der Waals surface area contributed by atoms with Gasteiger partial charge in [-0.1, -0.05) is 18.2 Å². The number of benzene rings is 1. The molecule has 0 fully saturated rings. The highest BCUT2D eigenvalue weighted by atomic mass is 16.5. The van der Waals surface area contributed by atoms with Gasteiger partial charge in [0.25, 0.3) is 0 Å². The fourth-order valence-corrected chi connectivity index (χ4v) is 1.93. The molecule has 0 aliphatic rings. The normalized spacial score (nSPS) is 10.2. The van der Waals surface area contributed by atoms with Crippen molar-refractivity contribution in [2.24, 2.45) is 0 Å². The molecule has 2 rings (SSSR count). The molecule has 5 heteroatoms. The average molecular weight is 273 g/mol. The second kappa shape index (κ2) is 6.75. The third-order valence-corrected chi connectivity index (χ3v) is 3.08. The van der Waals surface area contributed by atoms with Gasteiger partial charge in [0.1, 0.15) is 5.75 Å². The Balaban J connectivity index is 2.02. The van der Waals surface area contributed by atoms with Gasteiger partial charge in [-0.25, -0.2) is 4.98 Å². The first-order chi connectivity index (χ1) is 9.74. The van der Waals surface area contributed by atoms with Crippen LogP contribution in [0.3, 0.4) is 0 Å². The van der Waals surface area contributed by atoms with Crippen LogP contribution in [-0.2, 0) is 6.42 Å². The van der Waals surface area contributed by atoms with Crippen LogP contribution in [0, 0.1) is 0 Å². The third-order valence-electron chi connectivity index (χ3n) is 3.08. The molecule has 20 heavy (non-hydrogen) atoms. The van der Waals surface area contributed by atoms with Crippen molar-refractivity contribution in [1.82, 2.24) is 9.97 Å². The van der Waals surface area contributed by atoms with Gasteiger partial charge in [0, 0.05) is 25.9 Å². The fourth-order valence-electron chi connectivity index (χ4n) is 1.93. The van der Waals surface area contributed by atoms with E-state index in [1.54, 1.807) is 26.5 Å². The first-order valence-electron chi connectivity index (χ1n) is 6.44. The van der Waals surface area contributed by atoms with E-state index in [1.165, 1.54) is 5.56 Å². The maximum Gasteiger partial charge on any atom is 0.228 e. The summed E-state index contributed by atoms with van der Waals surface area (Å²) in [6.07, 6.45) is 2.56. The first kappa shape index (κ1) is 14.1. The zero-order valence-electron chi connectivity index (χ0n) is 12.0. The number of nitrogens with zero attached hydrogens (tertiary/aromatic N) is 3. The molecule has 1 aromatic heterocycles. The summed E-state index contributed by atoms with van der Waals surface area (Å²) < 4.78 is 10.5. The summed E-state index contributed by atoms with van der Waals surface area (Å²) in [4.78, 5) is 10.5. The summed E-state index contributed by atoms with van der Waals surface area (Å²) in [6.45, 7) is 0.799. The fraction of sp³-hybridized carbons (Fsp3) is 0.333. The van der Waals surface area contributed by atoms with Crippen LogP contribution >= 0.6 is 0 Å². The summed E-state index contributed by atoms with van der Waals surface area (Å²) in [5, 5.41) is 0. The molecule has 0 amide bonds. The van der Waals surface area contributed by atoms with Crippen LogP contribution in [0.1, 0.15) is 5.56 Å². The number of para-hydroxylation sites is 1. The number of hydrogen-bond acceptors (Lipinski definition) is 5. The van der Waals surface area contributed by atoms with Gasteiger partial charge in [0.15, 0.2) is 0 Å². The molecular formula is C15H19N3O2. The molecule has 0 spiro atoms. The first-order valence-corrected chi connectivity index (χ1v) is 6.44. The Hall–Kier alpha value is -2.30. The van der Waals surface area contributed by atoms with Crippen molar-refractivity contribution in [3.05, 3.63) is 42.1 Å².